The first-order chi connectivity index (χ1) is 16.5. The second kappa shape index (κ2) is 8.62. The number of hydrogen-bond acceptors (Lipinski definition) is 6. The highest BCUT2D eigenvalue weighted by Gasteiger charge is 2.40. The maximum atomic E-state index is 12.8. The molecule has 1 atom stereocenters. The van der Waals surface area contributed by atoms with Crippen LogP contribution in [0.15, 0.2) is 85.5 Å². The van der Waals surface area contributed by atoms with Gasteiger partial charge in [0.15, 0.2) is 0 Å². The number of rotatable bonds is 6. The summed E-state index contributed by atoms with van der Waals surface area (Å²) in [4.78, 5) is 47.3. The topological polar surface area (TPSA) is 106 Å². The van der Waals surface area contributed by atoms with Crippen molar-refractivity contribution in [3.8, 4) is 17.4 Å². The van der Waals surface area contributed by atoms with Crippen LogP contribution in [-0.2, 0) is 4.79 Å². The number of benzene rings is 2. The Labute approximate surface area is 194 Å². The molecule has 9 heteroatoms. The van der Waals surface area contributed by atoms with Crippen LogP contribution in [0.3, 0.4) is 0 Å². The van der Waals surface area contributed by atoms with Crippen LogP contribution >= 0.6 is 0 Å². The summed E-state index contributed by atoms with van der Waals surface area (Å²) in [5.41, 5.74) is 1.10. The maximum Gasteiger partial charge on any atom is 0.262 e. The Kier molecular flexibility index (Phi) is 5.35. The van der Waals surface area contributed by atoms with Crippen molar-refractivity contribution in [2.75, 3.05) is 5.32 Å². The SMILES string of the molecule is CC(C(=O)Nc1ccc(Oc2cc(-n3cccc3)ncn2)cc1)N1C(=O)c2ccccc2C1=O. The molecule has 0 aliphatic carbocycles. The number of carbonyl (C=O) groups is 3. The lowest BCUT2D eigenvalue weighted by atomic mass is 10.1. The number of fused-ring (bicyclic) bond motifs is 1. The van der Waals surface area contributed by atoms with E-state index in [4.69, 9.17) is 4.74 Å². The van der Waals surface area contributed by atoms with Gasteiger partial charge in [0.25, 0.3) is 11.8 Å². The van der Waals surface area contributed by atoms with Gasteiger partial charge >= 0.3 is 0 Å². The summed E-state index contributed by atoms with van der Waals surface area (Å²) in [6.45, 7) is 1.52. The molecule has 3 amide bonds. The fourth-order valence-electron chi connectivity index (χ4n) is 3.66. The number of nitrogens with zero attached hydrogens (tertiary/aromatic N) is 4. The molecule has 0 fully saturated rings. The lowest BCUT2D eigenvalue weighted by Gasteiger charge is -2.21. The monoisotopic (exact) mass is 453 g/mol. The number of nitrogens with one attached hydrogen (secondary N) is 1. The van der Waals surface area contributed by atoms with Crippen molar-refractivity contribution < 1.29 is 19.1 Å². The van der Waals surface area contributed by atoms with Crippen molar-refractivity contribution in [3.05, 3.63) is 96.6 Å². The molecule has 0 saturated heterocycles. The first kappa shape index (κ1) is 21.1. The molecular formula is C25H19N5O4. The van der Waals surface area contributed by atoms with Gasteiger partial charge in [-0.2, -0.15) is 0 Å². The summed E-state index contributed by atoms with van der Waals surface area (Å²) in [5, 5.41) is 2.74. The van der Waals surface area contributed by atoms with Crippen molar-refractivity contribution in [1.82, 2.24) is 19.4 Å². The van der Waals surface area contributed by atoms with Crippen molar-refractivity contribution in [1.29, 1.82) is 0 Å². The Morgan fingerprint density at radius 2 is 1.56 bits per heavy atom. The van der Waals surface area contributed by atoms with Gasteiger partial charge in [-0.1, -0.05) is 12.1 Å². The zero-order valence-corrected chi connectivity index (χ0v) is 18.1. The van der Waals surface area contributed by atoms with E-state index in [2.05, 4.69) is 15.3 Å². The summed E-state index contributed by atoms with van der Waals surface area (Å²) in [6.07, 6.45) is 5.15. The van der Waals surface area contributed by atoms with Crippen molar-refractivity contribution >= 4 is 23.4 Å². The average molecular weight is 453 g/mol. The number of ether oxygens (including phenoxy) is 1. The van der Waals surface area contributed by atoms with E-state index in [1.807, 2.05) is 29.1 Å². The third-order valence-electron chi connectivity index (χ3n) is 5.43. The van der Waals surface area contributed by atoms with Gasteiger partial charge in [-0.3, -0.25) is 19.3 Å². The second-order valence-electron chi connectivity index (χ2n) is 7.62. The van der Waals surface area contributed by atoms with Gasteiger partial charge in [-0.25, -0.2) is 9.97 Å². The van der Waals surface area contributed by atoms with E-state index >= 15 is 0 Å². The van der Waals surface area contributed by atoms with E-state index in [9.17, 15) is 14.4 Å². The van der Waals surface area contributed by atoms with Gasteiger partial charge in [-0.15, -0.1) is 0 Å². The predicted octanol–water partition coefficient (Wildman–Crippen LogP) is 3.68. The third-order valence-corrected chi connectivity index (χ3v) is 5.43. The van der Waals surface area contributed by atoms with Gasteiger partial charge in [0.1, 0.15) is 23.9 Å². The first-order valence-corrected chi connectivity index (χ1v) is 10.5. The molecule has 4 aromatic rings. The molecular weight excluding hydrogens is 434 g/mol. The Hall–Kier alpha value is -4.79. The van der Waals surface area contributed by atoms with Crippen molar-refractivity contribution in [2.45, 2.75) is 13.0 Å². The van der Waals surface area contributed by atoms with Crippen LogP contribution in [0.4, 0.5) is 5.69 Å². The van der Waals surface area contributed by atoms with Gasteiger partial charge in [0, 0.05) is 24.1 Å². The number of aromatic nitrogens is 3. The van der Waals surface area contributed by atoms with E-state index in [1.165, 1.54) is 13.3 Å². The molecule has 1 aliphatic heterocycles. The Morgan fingerprint density at radius 3 is 2.21 bits per heavy atom. The number of carbonyl (C=O) groups excluding carboxylic acids is 3. The Balaban J connectivity index is 1.24. The van der Waals surface area contributed by atoms with Crippen molar-refractivity contribution in [2.24, 2.45) is 0 Å². The Bertz CT molecular complexity index is 1350. The first-order valence-electron chi connectivity index (χ1n) is 10.5. The molecule has 2 aromatic carbocycles. The van der Waals surface area contributed by atoms with Crippen LogP contribution in [0.1, 0.15) is 27.6 Å². The van der Waals surface area contributed by atoms with E-state index in [-0.39, 0.29) is 0 Å². The van der Waals surface area contributed by atoms with E-state index in [0.29, 0.717) is 34.3 Å². The summed E-state index contributed by atoms with van der Waals surface area (Å²) in [6, 6.07) is 17.7. The van der Waals surface area contributed by atoms with Gasteiger partial charge in [0.05, 0.1) is 11.1 Å². The van der Waals surface area contributed by atoms with Crippen LogP contribution in [0.5, 0.6) is 11.6 Å². The molecule has 9 nitrogen and oxygen atoms in total. The molecule has 0 spiro atoms. The fraction of sp³-hybridized carbons (Fsp3) is 0.0800. The van der Waals surface area contributed by atoms with Gasteiger partial charge in [-0.05, 0) is 55.5 Å². The molecule has 0 radical (unpaired) electrons. The number of amides is 3. The third kappa shape index (κ3) is 3.90. The van der Waals surface area contributed by atoms with Gasteiger partial charge < -0.3 is 14.6 Å². The van der Waals surface area contributed by atoms with Crippen LogP contribution in [0, 0.1) is 0 Å². The highest BCUT2D eigenvalue weighted by molar-refractivity contribution is 6.23. The molecule has 168 valence electrons. The zero-order chi connectivity index (χ0) is 23.7. The predicted molar refractivity (Wildman–Crippen MR) is 123 cm³/mol. The number of hydrogen-bond donors (Lipinski definition) is 1. The molecule has 1 N–H and O–H groups in total. The van der Waals surface area contributed by atoms with Crippen LogP contribution < -0.4 is 10.1 Å². The molecule has 34 heavy (non-hydrogen) atoms. The minimum atomic E-state index is -0.976. The highest BCUT2D eigenvalue weighted by Crippen LogP contribution is 2.26. The summed E-state index contributed by atoms with van der Waals surface area (Å²) in [5.74, 6) is 0.127. The molecule has 2 aromatic heterocycles. The second-order valence-corrected chi connectivity index (χ2v) is 7.62. The average Bonchev–Trinajstić information content (AvgIpc) is 3.48. The van der Waals surface area contributed by atoms with Crippen LogP contribution in [0.2, 0.25) is 0 Å². The van der Waals surface area contributed by atoms with E-state index in [1.54, 1.807) is 54.6 Å². The minimum absolute atomic E-state index is 0.304. The molecule has 0 bridgehead atoms. The lowest BCUT2D eigenvalue weighted by Crippen LogP contribution is -2.45. The largest absolute Gasteiger partial charge is 0.439 e. The molecule has 5 rings (SSSR count). The van der Waals surface area contributed by atoms with Gasteiger partial charge in [0.2, 0.25) is 11.8 Å². The van der Waals surface area contributed by atoms with Crippen LogP contribution in [0.25, 0.3) is 5.82 Å². The maximum absolute atomic E-state index is 12.8. The van der Waals surface area contributed by atoms with Crippen molar-refractivity contribution in [3.63, 3.8) is 0 Å². The standard InChI is InChI=1S/C25H19N5O4/c1-16(30-24(32)19-6-2-3-7-20(19)25(30)33)23(31)28-17-8-10-18(11-9-17)34-22-14-21(26-15-27-22)29-12-4-5-13-29/h2-16H,1H3,(H,28,31). The molecule has 3 heterocycles. The van der Waals surface area contributed by atoms with E-state index < -0.39 is 23.8 Å². The lowest BCUT2D eigenvalue weighted by molar-refractivity contribution is -0.119. The molecule has 1 aliphatic rings. The van der Waals surface area contributed by atoms with Crippen LogP contribution in [-0.4, -0.2) is 43.2 Å². The van der Waals surface area contributed by atoms with E-state index in [0.717, 1.165) is 4.90 Å². The zero-order valence-electron chi connectivity index (χ0n) is 18.1. The summed E-state index contributed by atoms with van der Waals surface area (Å²) in [7, 11) is 0. The number of anilines is 1. The number of imide groups is 1. The molecule has 1 unspecified atom stereocenters. The smallest absolute Gasteiger partial charge is 0.262 e. The normalized spacial score (nSPS) is 13.5. The Morgan fingerprint density at radius 1 is 0.912 bits per heavy atom. The summed E-state index contributed by atoms with van der Waals surface area (Å²) >= 11 is 0. The molecule has 0 saturated carbocycles. The minimum Gasteiger partial charge on any atom is -0.439 e. The quantitative estimate of drug-likeness (QED) is 0.447. The highest BCUT2D eigenvalue weighted by atomic mass is 16.5. The fourth-order valence-corrected chi connectivity index (χ4v) is 3.66. The summed E-state index contributed by atoms with van der Waals surface area (Å²) < 4.78 is 7.63.